The Bertz CT molecular complexity index is 1670. The molecule has 19 heteroatoms. The van der Waals surface area contributed by atoms with Crippen molar-refractivity contribution < 1.29 is 62.3 Å². The summed E-state index contributed by atoms with van der Waals surface area (Å²) in [4.78, 5) is 72.8. The van der Waals surface area contributed by atoms with Gasteiger partial charge >= 0.3 is 35.9 Å². The number of methoxy groups -OCH3 is 1. The molecule has 5 aliphatic rings. The molecule has 3 saturated carbocycles. The van der Waals surface area contributed by atoms with Crippen molar-refractivity contribution in [3.63, 3.8) is 0 Å². The monoisotopic (exact) mass is 776 g/mol. The molecule has 304 valence electrons. The lowest BCUT2D eigenvalue weighted by Crippen LogP contribution is -2.64. The summed E-state index contributed by atoms with van der Waals surface area (Å²) < 4.78 is 33.2. The quantitative estimate of drug-likeness (QED) is 0.0910. The number of carbonyl (C=O) groups excluding carboxylic acids is 6. The van der Waals surface area contributed by atoms with Gasteiger partial charge in [-0.15, -0.1) is 0 Å². The van der Waals surface area contributed by atoms with Crippen molar-refractivity contribution >= 4 is 47.4 Å². The Morgan fingerprint density at radius 2 is 1.47 bits per heavy atom. The Kier molecular flexibility index (Phi) is 12.3. The van der Waals surface area contributed by atoms with E-state index in [1.807, 2.05) is 6.92 Å². The van der Waals surface area contributed by atoms with Gasteiger partial charge in [0.25, 0.3) is 0 Å². The molecular formula is C36H52N6O13. The molecule has 0 bridgehead atoms. The zero-order valence-electron chi connectivity index (χ0n) is 32.0. The average molecular weight is 777 g/mol. The van der Waals surface area contributed by atoms with Crippen LogP contribution in [-0.4, -0.2) is 102 Å². The second kappa shape index (κ2) is 16.2. The second-order valence-electron chi connectivity index (χ2n) is 15.5. The first-order chi connectivity index (χ1) is 25.8. The Hall–Kier alpha value is -4.62. The van der Waals surface area contributed by atoms with Crippen LogP contribution < -0.4 is 22.3 Å². The maximum absolute atomic E-state index is 12.9. The van der Waals surface area contributed by atoms with Gasteiger partial charge in [-0.2, -0.15) is 10.2 Å². The van der Waals surface area contributed by atoms with E-state index in [0.29, 0.717) is 25.2 Å². The smallest absolute Gasteiger partial charge is 0.339 e. The van der Waals surface area contributed by atoms with Crippen molar-refractivity contribution in [3.05, 3.63) is 11.6 Å². The van der Waals surface area contributed by atoms with Gasteiger partial charge in [0.05, 0.1) is 25.1 Å². The van der Waals surface area contributed by atoms with Crippen LogP contribution in [0.1, 0.15) is 86.0 Å². The molecule has 7 N–H and O–H groups in total. The van der Waals surface area contributed by atoms with Crippen molar-refractivity contribution in [2.45, 2.75) is 122 Å². The first kappa shape index (κ1) is 41.5. The molecule has 55 heavy (non-hydrogen) atoms. The van der Waals surface area contributed by atoms with Gasteiger partial charge in [-0.25, -0.2) is 25.2 Å². The van der Waals surface area contributed by atoms with Gasteiger partial charge in [-0.05, 0) is 80.6 Å². The number of ether oxygens (including phenoxy) is 6. The minimum atomic E-state index is -1.70. The van der Waals surface area contributed by atoms with E-state index < -0.39 is 84.3 Å². The van der Waals surface area contributed by atoms with Gasteiger partial charge in [0.1, 0.15) is 5.60 Å². The number of rotatable bonds is 10. The standard InChI is InChI=1S/C36H52N6O13/c1-17(43)52-26-27(53-18(2)44)29(54-19(3)45)31(55-28(26)30(46)50-6)51-16-25(40-42-33(38)48)36(49)14-11-24-22-8-7-20-15-21(39-41-32(37)47)9-12-34(20,4)23(22)10-13-35(24,36)5/h15,22-24,26-29,31,49H,7-14,16H2,1-6H3,(H3,37,41,47)(H3,38,42,48). The van der Waals surface area contributed by atoms with Crippen molar-refractivity contribution in [3.8, 4) is 0 Å². The number of nitrogens with two attached hydrogens (primary N) is 2. The molecule has 11 unspecified atom stereocenters. The number of amides is 4. The SMILES string of the molecule is COC(=O)C1OC(OCC(=NNC(N)=O)C2(O)CCC3C4CCC5=CC(=NNC(N)=O)CCC5(C)C4CCC32C)C(OC(C)=O)C(OC(C)=O)C1OC(C)=O. The first-order valence-corrected chi connectivity index (χ1v) is 18.4. The lowest BCUT2D eigenvalue weighted by Gasteiger charge is -2.59. The first-order valence-electron chi connectivity index (χ1n) is 18.4. The summed E-state index contributed by atoms with van der Waals surface area (Å²) in [6, 6.07) is -1.71. The predicted octanol–water partition coefficient (Wildman–Crippen LogP) is 1.44. The molecule has 0 aromatic heterocycles. The summed E-state index contributed by atoms with van der Waals surface area (Å²) in [7, 11) is 1.07. The number of primary amides is 2. The van der Waals surface area contributed by atoms with Gasteiger partial charge in [0.15, 0.2) is 30.7 Å². The number of esters is 4. The van der Waals surface area contributed by atoms with Crippen LogP contribution in [-0.2, 0) is 47.6 Å². The third-order valence-corrected chi connectivity index (χ3v) is 12.4. The highest BCUT2D eigenvalue weighted by Gasteiger charge is 2.66. The highest BCUT2D eigenvalue weighted by molar-refractivity contribution is 5.97. The van der Waals surface area contributed by atoms with Crippen LogP contribution in [0.3, 0.4) is 0 Å². The zero-order chi connectivity index (χ0) is 40.5. The third-order valence-electron chi connectivity index (χ3n) is 12.4. The summed E-state index contributed by atoms with van der Waals surface area (Å²) in [6.45, 7) is 7.00. The Morgan fingerprint density at radius 3 is 2.09 bits per heavy atom. The maximum Gasteiger partial charge on any atom is 0.339 e. The number of hydrogen-bond acceptors (Lipinski definition) is 15. The van der Waals surface area contributed by atoms with Crippen LogP contribution in [0.15, 0.2) is 21.9 Å². The fourth-order valence-electron chi connectivity index (χ4n) is 10.0. The molecule has 0 radical (unpaired) electrons. The summed E-state index contributed by atoms with van der Waals surface area (Å²) in [5, 5.41) is 21.2. The molecule has 1 aliphatic heterocycles. The van der Waals surface area contributed by atoms with E-state index in [2.05, 4.69) is 34.1 Å². The molecular weight excluding hydrogens is 724 g/mol. The number of carbonyl (C=O) groups is 6. The molecule has 4 amide bonds. The van der Waals surface area contributed by atoms with Crippen LogP contribution in [0.2, 0.25) is 0 Å². The van der Waals surface area contributed by atoms with Crippen LogP contribution in [0.4, 0.5) is 9.59 Å². The Balaban J connectivity index is 1.44. The number of urea groups is 2. The van der Waals surface area contributed by atoms with Gasteiger partial charge in [0, 0.05) is 26.2 Å². The van der Waals surface area contributed by atoms with Gasteiger partial charge in [0.2, 0.25) is 0 Å². The third kappa shape index (κ3) is 8.18. The predicted molar refractivity (Wildman–Crippen MR) is 190 cm³/mol. The number of nitrogens with zero attached hydrogens (tertiary/aromatic N) is 2. The number of nitrogens with one attached hydrogen (secondary N) is 2. The van der Waals surface area contributed by atoms with Crippen LogP contribution in [0.25, 0.3) is 0 Å². The largest absolute Gasteiger partial charge is 0.467 e. The molecule has 1 heterocycles. The molecule has 4 aliphatic carbocycles. The molecule has 19 nitrogen and oxygen atoms in total. The fourth-order valence-corrected chi connectivity index (χ4v) is 10.0. The van der Waals surface area contributed by atoms with Crippen molar-refractivity contribution in [2.75, 3.05) is 13.7 Å². The number of hydrazone groups is 2. The minimum Gasteiger partial charge on any atom is -0.467 e. The van der Waals surface area contributed by atoms with E-state index >= 15 is 0 Å². The Morgan fingerprint density at radius 1 is 0.855 bits per heavy atom. The number of hydrogen-bond donors (Lipinski definition) is 5. The highest BCUT2D eigenvalue weighted by atomic mass is 16.7. The molecule has 0 aromatic carbocycles. The molecule has 1 saturated heterocycles. The molecule has 0 aromatic rings. The Labute approximate surface area is 318 Å². The van der Waals surface area contributed by atoms with E-state index in [4.69, 9.17) is 39.9 Å². The summed E-state index contributed by atoms with van der Waals surface area (Å²) >= 11 is 0. The number of fused-ring (bicyclic) bond motifs is 5. The average Bonchev–Trinajstić information content (AvgIpc) is 3.38. The van der Waals surface area contributed by atoms with E-state index in [1.54, 1.807) is 0 Å². The number of allylic oxidation sites excluding steroid dienone is 2. The lowest BCUT2D eigenvalue weighted by atomic mass is 9.46. The lowest BCUT2D eigenvalue weighted by molar-refractivity contribution is -0.299. The molecule has 0 spiro atoms. The summed E-state index contributed by atoms with van der Waals surface area (Å²) in [6.07, 6.45) is -0.507. The zero-order valence-corrected chi connectivity index (χ0v) is 32.0. The highest BCUT2D eigenvalue weighted by Crippen LogP contribution is 2.67. The van der Waals surface area contributed by atoms with E-state index in [9.17, 15) is 33.9 Å². The van der Waals surface area contributed by atoms with Crippen LogP contribution in [0.5, 0.6) is 0 Å². The molecule has 11 atom stereocenters. The van der Waals surface area contributed by atoms with Gasteiger partial charge < -0.3 is 45.0 Å². The van der Waals surface area contributed by atoms with Crippen molar-refractivity contribution in [1.29, 1.82) is 0 Å². The molecule has 5 rings (SSSR count). The van der Waals surface area contributed by atoms with Gasteiger partial charge in [-0.3, -0.25) is 14.4 Å². The summed E-state index contributed by atoms with van der Waals surface area (Å²) in [5.41, 5.74) is 14.8. The molecule has 4 fully saturated rings. The van der Waals surface area contributed by atoms with E-state index in [1.165, 1.54) is 5.57 Å². The maximum atomic E-state index is 12.9. The second-order valence-corrected chi connectivity index (χ2v) is 15.5. The van der Waals surface area contributed by atoms with Gasteiger partial charge in [-0.1, -0.05) is 19.4 Å². The van der Waals surface area contributed by atoms with E-state index in [0.717, 1.165) is 59.3 Å². The topological polar surface area (TPSA) is 279 Å². The fraction of sp³-hybridized carbons (Fsp3) is 0.722. The van der Waals surface area contributed by atoms with Crippen LogP contribution in [0, 0.1) is 28.6 Å². The minimum absolute atomic E-state index is 0.00349. The normalized spacial score (nSPS) is 37.5. The van der Waals surface area contributed by atoms with Crippen molar-refractivity contribution in [1.82, 2.24) is 10.9 Å². The van der Waals surface area contributed by atoms with Crippen molar-refractivity contribution in [2.24, 2.45) is 50.3 Å². The number of aliphatic hydroxyl groups is 1. The van der Waals surface area contributed by atoms with Crippen LogP contribution >= 0.6 is 0 Å². The summed E-state index contributed by atoms with van der Waals surface area (Å²) in [5.74, 6) is -2.93. The van der Waals surface area contributed by atoms with E-state index in [-0.39, 0.29) is 29.4 Å².